The van der Waals surface area contributed by atoms with Gasteiger partial charge in [0.15, 0.2) is 0 Å². The molecule has 0 aliphatic heterocycles. The lowest BCUT2D eigenvalue weighted by atomic mass is 10.1. The lowest BCUT2D eigenvalue weighted by molar-refractivity contribution is 0.0936. The maximum atomic E-state index is 12.6. The van der Waals surface area contributed by atoms with Gasteiger partial charge in [-0.2, -0.15) is 0 Å². The van der Waals surface area contributed by atoms with Crippen molar-refractivity contribution >= 4 is 17.7 Å². The fourth-order valence-corrected chi connectivity index (χ4v) is 3.11. The Morgan fingerprint density at radius 3 is 2.59 bits per heavy atom. The van der Waals surface area contributed by atoms with Crippen LogP contribution in [0.25, 0.3) is 0 Å². The van der Waals surface area contributed by atoms with E-state index < -0.39 is 0 Å². The first-order valence-electron chi connectivity index (χ1n) is 7.33. The molecule has 0 aliphatic rings. The van der Waals surface area contributed by atoms with Crippen LogP contribution in [0.4, 0.5) is 0 Å². The Kier molecular flexibility index (Phi) is 5.90. The number of nitrogens with one attached hydrogen (secondary N) is 1. The number of thioether (sulfide) groups is 1. The SMILES string of the molecule is CCSc1ccccc1C(=O)N[C@@H](C)c1ccccc1OC. The topological polar surface area (TPSA) is 38.3 Å². The summed E-state index contributed by atoms with van der Waals surface area (Å²) < 4.78 is 5.36. The third kappa shape index (κ3) is 3.83. The van der Waals surface area contributed by atoms with Crippen LogP contribution in [0.5, 0.6) is 5.75 Å². The van der Waals surface area contributed by atoms with E-state index in [4.69, 9.17) is 4.74 Å². The second-order valence-corrected chi connectivity index (χ2v) is 6.17. The van der Waals surface area contributed by atoms with Crippen LogP contribution in [0.2, 0.25) is 0 Å². The average molecular weight is 315 g/mol. The molecule has 4 heteroatoms. The molecular weight excluding hydrogens is 294 g/mol. The largest absolute Gasteiger partial charge is 0.496 e. The molecule has 1 atom stereocenters. The monoisotopic (exact) mass is 315 g/mol. The van der Waals surface area contributed by atoms with E-state index in [1.807, 2.05) is 55.5 Å². The Bertz CT molecular complexity index is 642. The highest BCUT2D eigenvalue weighted by molar-refractivity contribution is 7.99. The summed E-state index contributed by atoms with van der Waals surface area (Å²) >= 11 is 1.68. The van der Waals surface area contributed by atoms with E-state index in [0.717, 1.165) is 27.5 Å². The fourth-order valence-electron chi connectivity index (χ4n) is 2.31. The van der Waals surface area contributed by atoms with Crippen LogP contribution in [-0.4, -0.2) is 18.8 Å². The molecule has 0 fully saturated rings. The molecule has 0 aliphatic carbocycles. The van der Waals surface area contributed by atoms with Gasteiger partial charge in [-0.15, -0.1) is 11.8 Å². The number of carbonyl (C=O) groups is 1. The Labute approximate surface area is 136 Å². The Morgan fingerprint density at radius 2 is 1.86 bits per heavy atom. The Hall–Kier alpha value is -1.94. The van der Waals surface area contributed by atoms with Crippen molar-refractivity contribution in [2.75, 3.05) is 12.9 Å². The summed E-state index contributed by atoms with van der Waals surface area (Å²) in [6.45, 7) is 4.04. The van der Waals surface area contributed by atoms with Gasteiger partial charge in [0.1, 0.15) is 5.75 Å². The van der Waals surface area contributed by atoms with E-state index in [1.54, 1.807) is 18.9 Å². The molecule has 0 radical (unpaired) electrons. The van der Waals surface area contributed by atoms with Crippen LogP contribution < -0.4 is 10.1 Å². The van der Waals surface area contributed by atoms with Gasteiger partial charge in [-0.3, -0.25) is 4.79 Å². The third-order valence-electron chi connectivity index (χ3n) is 3.38. The Balaban J connectivity index is 2.18. The summed E-state index contributed by atoms with van der Waals surface area (Å²) in [6.07, 6.45) is 0. The minimum atomic E-state index is -0.122. The maximum Gasteiger partial charge on any atom is 0.252 e. The summed E-state index contributed by atoms with van der Waals surface area (Å²) in [7, 11) is 1.64. The molecule has 22 heavy (non-hydrogen) atoms. The number of methoxy groups -OCH3 is 1. The lowest BCUT2D eigenvalue weighted by Gasteiger charge is -2.18. The highest BCUT2D eigenvalue weighted by atomic mass is 32.2. The molecule has 0 saturated carbocycles. The molecule has 0 saturated heterocycles. The first kappa shape index (κ1) is 16.4. The molecule has 0 heterocycles. The highest BCUT2D eigenvalue weighted by Crippen LogP contribution is 2.26. The van der Waals surface area contributed by atoms with E-state index in [-0.39, 0.29) is 11.9 Å². The summed E-state index contributed by atoms with van der Waals surface area (Å²) in [5.41, 5.74) is 1.69. The molecule has 2 rings (SSSR count). The molecule has 0 aromatic heterocycles. The number of rotatable bonds is 6. The van der Waals surface area contributed by atoms with Crippen molar-refractivity contribution in [1.29, 1.82) is 0 Å². The van der Waals surface area contributed by atoms with Gasteiger partial charge >= 0.3 is 0 Å². The number of carbonyl (C=O) groups excluding carboxylic acids is 1. The van der Waals surface area contributed by atoms with Gasteiger partial charge in [0.25, 0.3) is 5.91 Å². The van der Waals surface area contributed by atoms with Crippen LogP contribution in [0.3, 0.4) is 0 Å². The first-order valence-corrected chi connectivity index (χ1v) is 8.31. The fraction of sp³-hybridized carbons (Fsp3) is 0.278. The zero-order valence-electron chi connectivity index (χ0n) is 13.1. The van der Waals surface area contributed by atoms with Crippen LogP contribution in [0, 0.1) is 0 Å². The molecule has 1 amide bonds. The van der Waals surface area contributed by atoms with Gasteiger partial charge in [0.2, 0.25) is 0 Å². The minimum absolute atomic E-state index is 0.0602. The van der Waals surface area contributed by atoms with Gasteiger partial charge in [-0.1, -0.05) is 37.3 Å². The second-order valence-electron chi connectivity index (χ2n) is 4.87. The van der Waals surface area contributed by atoms with E-state index in [9.17, 15) is 4.79 Å². The van der Waals surface area contributed by atoms with Crippen molar-refractivity contribution in [1.82, 2.24) is 5.32 Å². The van der Waals surface area contributed by atoms with Crippen molar-refractivity contribution in [2.24, 2.45) is 0 Å². The molecule has 2 aromatic carbocycles. The molecule has 1 N–H and O–H groups in total. The number of amides is 1. The van der Waals surface area contributed by atoms with Crippen LogP contribution in [0.15, 0.2) is 53.4 Å². The molecule has 116 valence electrons. The quantitative estimate of drug-likeness (QED) is 0.808. The molecule has 0 spiro atoms. The van der Waals surface area contributed by atoms with E-state index in [1.165, 1.54) is 0 Å². The van der Waals surface area contributed by atoms with E-state index >= 15 is 0 Å². The maximum absolute atomic E-state index is 12.6. The lowest BCUT2D eigenvalue weighted by Crippen LogP contribution is -2.27. The van der Waals surface area contributed by atoms with Crippen molar-refractivity contribution in [3.05, 3.63) is 59.7 Å². The number of hydrogen-bond donors (Lipinski definition) is 1. The van der Waals surface area contributed by atoms with Gasteiger partial charge in [-0.05, 0) is 30.9 Å². The van der Waals surface area contributed by atoms with Crippen molar-refractivity contribution < 1.29 is 9.53 Å². The second kappa shape index (κ2) is 7.90. The highest BCUT2D eigenvalue weighted by Gasteiger charge is 2.16. The van der Waals surface area contributed by atoms with Crippen LogP contribution >= 0.6 is 11.8 Å². The Morgan fingerprint density at radius 1 is 1.18 bits per heavy atom. The van der Waals surface area contributed by atoms with Crippen molar-refractivity contribution in [3.8, 4) is 5.75 Å². The average Bonchev–Trinajstić information content (AvgIpc) is 2.55. The summed E-state index contributed by atoms with van der Waals surface area (Å²) in [6, 6.07) is 15.3. The summed E-state index contributed by atoms with van der Waals surface area (Å²) in [5, 5.41) is 3.05. The zero-order chi connectivity index (χ0) is 15.9. The summed E-state index contributed by atoms with van der Waals surface area (Å²) in [5.74, 6) is 1.66. The van der Waals surface area contributed by atoms with E-state index in [0.29, 0.717) is 0 Å². The minimum Gasteiger partial charge on any atom is -0.496 e. The van der Waals surface area contributed by atoms with Crippen molar-refractivity contribution in [2.45, 2.75) is 24.8 Å². The number of benzene rings is 2. The zero-order valence-corrected chi connectivity index (χ0v) is 13.9. The summed E-state index contributed by atoms with van der Waals surface area (Å²) in [4.78, 5) is 13.6. The molecule has 0 unspecified atom stereocenters. The van der Waals surface area contributed by atoms with E-state index in [2.05, 4.69) is 12.2 Å². The third-order valence-corrected chi connectivity index (χ3v) is 4.34. The van der Waals surface area contributed by atoms with Gasteiger partial charge in [0, 0.05) is 10.5 Å². The first-order chi connectivity index (χ1) is 10.7. The van der Waals surface area contributed by atoms with Gasteiger partial charge < -0.3 is 10.1 Å². The molecule has 0 bridgehead atoms. The number of hydrogen-bond acceptors (Lipinski definition) is 3. The normalized spacial score (nSPS) is 11.8. The number of para-hydroxylation sites is 1. The number of ether oxygens (including phenoxy) is 1. The van der Waals surface area contributed by atoms with Gasteiger partial charge in [-0.25, -0.2) is 0 Å². The van der Waals surface area contributed by atoms with Crippen LogP contribution in [0.1, 0.15) is 35.8 Å². The van der Waals surface area contributed by atoms with Crippen molar-refractivity contribution in [3.63, 3.8) is 0 Å². The van der Waals surface area contributed by atoms with Crippen LogP contribution in [-0.2, 0) is 0 Å². The molecular formula is C18H21NO2S. The molecule has 2 aromatic rings. The smallest absolute Gasteiger partial charge is 0.252 e. The molecule has 3 nitrogen and oxygen atoms in total. The standard InChI is InChI=1S/C18H21NO2S/c1-4-22-17-12-8-6-10-15(17)18(20)19-13(2)14-9-5-7-11-16(14)21-3/h5-13H,4H2,1-3H3,(H,19,20)/t13-/m0/s1. The van der Waals surface area contributed by atoms with Gasteiger partial charge in [0.05, 0.1) is 18.7 Å². The predicted octanol–water partition coefficient (Wildman–Crippen LogP) is 4.30. The predicted molar refractivity (Wildman–Crippen MR) is 91.7 cm³/mol.